The van der Waals surface area contributed by atoms with Crippen LogP contribution in [-0.2, 0) is 5.60 Å². The molecule has 4 rings (SSSR count). The second-order valence-corrected chi connectivity index (χ2v) is 8.23. The molecule has 4 aromatic heterocycles. The van der Waals surface area contributed by atoms with Crippen LogP contribution in [0.15, 0.2) is 67.3 Å². The minimum absolute atomic E-state index is 0.183. The molecule has 4 heterocycles. The zero-order valence-electron chi connectivity index (χ0n) is 18.5. The summed E-state index contributed by atoms with van der Waals surface area (Å²) >= 11 is 0. The van der Waals surface area contributed by atoms with E-state index in [1.807, 2.05) is 35.1 Å². The van der Waals surface area contributed by atoms with Crippen molar-refractivity contribution in [3.05, 3.63) is 72.8 Å². The van der Waals surface area contributed by atoms with Gasteiger partial charge in [-0.15, -0.1) is 0 Å². The third-order valence-electron chi connectivity index (χ3n) is 4.82. The van der Waals surface area contributed by atoms with Crippen molar-refractivity contribution in [3.63, 3.8) is 0 Å². The molecular weight excluding hydrogens is 404 g/mol. The van der Waals surface area contributed by atoms with Crippen LogP contribution in [0.4, 0.5) is 11.6 Å². The van der Waals surface area contributed by atoms with Gasteiger partial charge < -0.3 is 15.2 Å². The van der Waals surface area contributed by atoms with Crippen LogP contribution in [0.3, 0.4) is 0 Å². The van der Waals surface area contributed by atoms with Crippen LogP contribution in [0.1, 0.15) is 39.3 Å². The van der Waals surface area contributed by atoms with E-state index < -0.39 is 5.60 Å². The van der Waals surface area contributed by atoms with Crippen molar-refractivity contribution < 1.29 is 9.84 Å². The zero-order chi connectivity index (χ0) is 22.7. The van der Waals surface area contributed by atoms with Gasteiger partial charge in [-0.2, -0.15) is 5.10 Å². The van der Waals surface area contributed by atoms with Crippen molar-refractivity contribution in [3.8, 4) is 22.9 Å². The smallest absolute Gasteiger partial charge is 0.174 e. The van der Waals surface area contributed by atoms with Crippen LogP contribution in [0.2, 0.25) is 0 Å². The molecule has 164 valence electrons. The van der Waals surface area contributed by atoms with E-state index in [1.165, 1.54) is 0 Å². The number of nitrogens with one attached hydrogen (secondary N) is 1. The summed E-state index contributed by atoms with van der Waals surface area (Å²) in [6.07, 6.45) is 6.91. The maximum Gasteiger partial charge on any atom is 0.174 e. The van der Waals surface area contributed by atoms with Gasteiger partial charge in [0.05, 0.1) is 17.5 Å². The van der Waals surface area contributed by atoms with E-state index in [2.05, 4.69) is 39.2 Å². The lowest BCUT2D eigenvalue weighted by Crippen LogP contribution is -2.15. The fourth-order valence-corrected chi connectivity index (χ4v) is 3.03. The highest BCUT2D eigenvalue weighted by molar-refractivity contribution is 5.63. The highest BCUT2D eigenvalue weighted by atomic mass is 16.5. The summed E-state index contributed by atoms with van der Waals surface area (Å²) in [5.41, 5.74) is 1.21. The van der Waals surface area contributed by atoms with E-state index in [4.69, 9.17) is 4.74 Å². The third kappa shape index (κ3) is 4.92. The predicted octanol–water partition coefficient (Wildman–Crippen LogP) is 5.08. The highest BCUT2D eigenvalue weighted by Crippen LogP contribution is 2.33. The zero-order valence-corrected chi connectivity index (χ0v) is 18.5. The molecule has 0 spiro atoms. The van der Waals surface area contributed by atoms with Crippen molar-refractivity contribution >= 4 is 11.6 Å². The average Bonchev–Trinajstić information content (AvgIpc) is 3.18. The van der Waals surface area contributed by atoms with Gasteiger partial charge in [-0.3, -0.25) is 9.67 Å². The highest BCUT2D eigenvalue weighted by Gasteiger charge is 2.17. The van der Waals surface area contributed by atoms with Crippen molar-refractivity contribution in [2.75, 3.05) is 5.32 Å². The molecular formula is C24H26N6O2. The maximum atomic E-state index is 10.1. The number of anilines is 2. The molecule has 0 bridgehead atoms. The van der Waals surface area contributed by atoms with Gasteiger partial charge in [0.25, 0.3) is 0 Å². The normalized spacial score (nSPS) is 11.6. The van der Waals surface area contributed by atoms with Crippen molar-refractivity contribution in [1.29, 1.82) is 0 Å². The number of rotatable bonds is 7. The van der Waals surface area contributed by atoms with Crippen molar-refractivity contribution in [2.24, 2.45) is 0 Å². The Morgan fingerprint density at radius 1 is 1.00 bits per heavy atom. The summed E-state index contributed by atoms with van der Waals surface area (Å²) in [6, 6.07) is 13.1. The molecule has 0 radical (unpaired) electrons. The molecule has 8 heteroatoms. The molecule has 0 unspecified atom stereocenters. The molecule has 32 heavy (non-hydrogen) atoms. The summed E-state index contributed by atoms with van der Waals surface area (Å²) in [5, 5.41) is 17.9. The Balaban J connectivity index is 1.57. The van der Waals surface area contributed by atoms with Crippen LogP contribution in [0.5, 0.6) is 11.5 Å². The number of ether oxygens (including phenoxy) is 1. The van der Waals surface area contributed by atoms with Gasteiger partial charge in [0.15, 0.2) is 11.4 Å². The minimum Gasteiger partial charge on any atom is -0.453 e. The molecule has 8 nitrogen and oxygen atoms in total. The summed E-state index contributed by atoms with van der Waals surface area (Å²) in [6.45, 7) is 7.56. The number of hydrogen-bond acceptors (Lipinski definition) is 7. The Hall–Kier alpha value is -3.78. The fourth-order valence-electron chi connectivity index (χ4n) is 3.03. The van der Waals surface area contributed by atoms with Crippen LogP contribution in [0.25, 0.3) is 11.4 Å². The molecule has 2 N–H and O–H groups in total. The molecule has 4 aromatic rings. The standard InChI is InChI=1S/C24H26N6O2/c1-16(2)30-15-20(23(29-30)19-7-5-6-11-25-19)32-18-10-12-26-22(13-18)28-21-9-8-17(14-27-21)24(3,4)31/h5-16,31H,1-4H3,(H,26,27,28). The summed E-state index contributed by atoms with van der Waals surface area (Å²) in [5.74, 6) is 2.42. The number of aromatic nitrogens is 5. The average molecular weight is 431 g/mol. The lowest BCUT2D eigenvalue weighted by molar-refractivity contribution is 0.0782. The monoisotopic (exact) mass is 430 g/mol. The Bertz CT molecular complexity index is 1180. The Morgan fingerprint density at radius 2 is 1.84 bits per heavy atom. The first-order chi connectivity index (χ1) is 15.3. The summed E-state index contributed by atoms with van der Waals surface area (Å²) in [7, 11) is 0. The van der Waals surface area contributed by atoms with Crippen LogP contribution >= 0.6 is 0 Å². The molecule has 0 aromatic carbocycles. The van der Waals surface area contributed by atoms with Crippen molar-refractivity contribution in [2.45, 2.75) is 39.3 Å². The molecule has 0 amide bonds. The summed E-state index contributed by atoms with van der Waals surface area (Å²) in [4.78, 5) is 13.1. The van der Waals surface area contributed by atoms with Gasteiger partial charge in [-0.1, -0.05) is 12.1 Å². The molecule has 0 fully saturated rings. The molecule has 0 saturated carbocycles. The largest absolute Gasteiger partial charge is 0.453 e. The molecule has 0 aliphatic rings. The topological polar surface area (TPSA) is 98.0 Å². The minimum atomic E-state index is -0.941. The predicted molar refractivity (Wildman–Crippen MR) is 123 cm³/mol. The van der Waals surface area contributed by atoms with Gasteiger partial charge in [0.1, 0.15) is 17.4 Å². The first-order valence-corrected chi connectivity index (χ1v) is 10.4. The molecule has 0 aliphatic carbocycles. The number of pyridine rings is 3. The van der Waals surface area contributed by atoms with Gasteiger partial charge >= 0.3 is 0 Å². The second kappa shape index (κ2) is 8.76. The number of aliphatic hydroxyl groups is 1. The number of hydrogen-bond donors (Lipinski definition) is 2. The second-order valence-electron chi connectivity index (χ2n) is 8.23. The third-order valence-corrected chi connectivity index (χ3v) is 4.82. The fraction of sp³-hybridized carbons (Fsp3) is 0.250. The van der Waals surface area contributed by atoms with E-state index in [1.54, 1.807) is 50.6 Å². The van der Waals surface area contributed by atoms with E-state index in [0.29, 0.717) is 28.8 Å². The van der Waals surface area contributed by atoms with Crippen LogP contribution in [-0.4, -0.2) is 29.8 Å². The lowest BCUT2D eigenvalue weighted by atomic mass is 10.0. The van der Waals surface area contributed by atoms with E-state index in [9.17, 15) is 5.11 Å². The Labute approximate surface area is 187 Å². The van der Waals surface area contributed by atoms with E-state index >= 15 is 0 Å². The van der Waals surface area contributed by atoms with Gasteiger partial charge in [0, 0.05) is 36.3 Å². The quantitative estimate of drug-likeness (QED) is 0.422. The van der Waals surface area contributed by atoms with Gasteiger partial charge in [0.2, 0.25) is 0 Å². The SMILES string of the molecule is CC(C)n1cc(Oc2ccnc(Nc3ccc(C(C)(C)O)cn3)c2)c(-c2ccccn2)n1. The number of nitrogens with zero attached hydrogens (tertiary/aromatic N) is 5. The van der Waals surface area contributed by atoms with Crippen LogP contribution in [0, 0.1) is 0 Å². The van der Waals surface area contributed by atoms with E-state index in [-0.39, 0.29) is 6.04 Å². The maximum absolute atomic E-state index is 10.1. The van der Waals surface area contributed by atoms with Crippen LogP contribution < -0.4 is 10.1 Å². The lowest BCUT2D eigenvalue weighted by Gasteiger charge is -2.17. The Morgan fingerprint density at radius 3 is 2.50 bits per heavy atom. The molecule has 0 aliphatic heterocycles. The first-order valence-electron chi connectivity index (χ1n) is 10.4. The summed E-state index contributed by atoms with van der Waals surface area (Å²) < 4.78 is 8.04. The molecule has 0 atom stereocenters. The first kappa shape index (κ1) is 21.5. The Kier molecular flexibility index (Phi) is 5.87. The van der Waals surface area contributed by atoms with Gasteiger partial charge in [-0.25, -0.2) is 9.97 Å². The van der Waals surface area contributed by atoms with E-state index in [0.717, 1.165) is 11.3 Å². The van der Waals surface area contributed by atoms with Gasteiger partial charge in [-0.05, 0) is 52.0 Å². The molecule has 0 saturated heterocycles. The van der Waals surface area contributed by atoms with Crippen molar-refractivity contribution in [1.82, 2.24) is 24.7 Å².